The first-order valence-corrected chi connectivity index (χ1v) is 8.61. The van der Waals surface area contributed by atoms with Gasteiger partial charge in [-0.25, -0.2) is 0 Å². The van der Waals surface area contributed by atoms with Gasteiger partial charge in [-0.2, -0.15) is 0 Å². The third-order valence-electron chi connectivity index (χ3n) is 5.08. The summed E-state index contributed by atoms with van der Waals surface area (Å²) in [5.74, 6) is 0. The van der Waals surface area contributed by atoms with E-state index in [0.717, 1.165) is 38.6 Å². The van der Waals surface area contributed by atoms with Crippen LogP contribution >= 0.6 is 0 Å². The third kappa shape index (κ3) is 2.64. The van der Waals surface area contributed by atoms with Crippen LogP contribution in [-0.2, 0) is 19.5 Å². The molecule has 0 spiro atoms. The summed E-state index contributed by atoms with van der Waals surface area (Å²) in [5.41, 5.74) is 6.80. The number of fused-ring (bicyclic) bond motifs is 2. The Kier molecular flexibility index (Phi) is 3.63. The first kappa shape index (κ1) is 14.2. The van der Waals surface area contributed by atoms with Crippen molar-refractivity contribution in [2.75, 3.05) is 13.1 Å². The molecule has 0 unspecified atom stereocenters. The number of pyridine rings is 1. The molecule has 3 nitrogen and oxygen atoms in total. The molecule has 2 aliphatic rings. The van der Waals surface area contributed by atoms with Crippen LogP contribution in [-0.4, -0.2) is 29.0 Å². The predicted molar refractivity (Wildman–Crippen MR) is 91.0 cm³/mol. The van der Waals surface area contributed by atoms with Gasteiger partial charge in [0.15, 0.2) is 0 Å². The van der Waals surface area contributed by atoms with Crippen molar-refractivity contribution < 1.29 is 0 Å². The number of likely N-dealkylation sites (N-methyl/N-ethyl adjacent to an activating group) is 1. The summed E-state index contributed by atoms with van der Waals surface area (Å²) in [5, 5.41) is 5.07. The molecule has 0 bridgehead atoms. The fourth-order valence-electron chi connectivity index (χ4n) is 3.50. The van der Waals surface area contributed by atoms with Gasteiger partial charge in [-0.1, -0.05) is 18.6 Å². The second-order valence-electron chi connectivity index (χ2n) is 6.81. The summed E-state index contributed by atoms with van der Waals surface area (Å²) in [6.07, 6.45) is 3.76. The van der Waals surface area contributed by atoms with E-state index in [1.54, 1.807) is 0 Å². The molecule has 1 saturated carbocycles. The largest absolute Gasteiger partial charge is 0.310 e. The van der Waals surface area contributed by atoms with Crippen LogP contribution in [0.15, 0.2) is 18.2 Å². The quantitative estimate of drug-likeness (QED) is 0.939. The molecule has 22 heavy (non-hydrogen) atoms. The van der Waals surface area contributed by atoms with E-state index in [-0.39, 0.29) is 0 Å². The number of aromatic nitrogens is 1. The number of hydrogen-bond acceptors (Lipinski definition) is 3. The van der Waals surface area contributed by atoms with E-state index >= 15 is 0 Å². The Labute approximate surface area is 132 Å². The summed E-state index contributed by atoms with van der Waals surface area (Å²) in [6, 6.07) is 7.44. The molecule has 1 aromatic carbocycles. The molecular weight excluding hydrogens is 270 g/mol. The highest BCUT2D eigenvalue weighted by atomic mass is 15.1. The third-order valence-corrected chi connectivity index (χ3v) is 5.08. The first-order valence-electron chi connectivity index (χ1n) is 8.61. The van der Waals surface area contributed by atoms with Crippen LogP contribution in [0, 0.1) is 6.92 Å². The molecule has 2 heterocycles. The minimum Gasteiger partial charge on any atom is -0.310 e. The van der Waals surface area contributed by atoms with Gasteiger partial charge in [-0.3, -0.25) is 9.88 Å². The molecule has 116 valence electrons. The lowest BCUT2D eigenvalue weighted by Gasteiger charge is -2.29. The maximum Gasteiger partial charge on any atom is 0.0708 e. The van der Waals surface area contributed by atoms with Gasteiger partial charge in [0.2, 0.25) is 0 Å². The molecule has 1 fully saturated rings. The standard InChI is InChI=1S/C19H25N3/c1-3-22-9-8-19-17(12-22)16(11-20-14-5-6-14)15-10-13(2)4-7-18(15)21-19/h4,7,10,14,20H,3,5-6,8-9,11-12H2,1-2H3. The van der Waals surface area contributed by atoms with E-state index in [1.807, 2.05) is 0 Å². The average Bonchev–Trinajstić information content (AvgIpc) is 3.35. The second kappa shape index (κ2) is 5.64. The van der Waals surface area contributed by atoms with Crippen LogP contribution < -0.4 is 5.32 Å². The van der Waals surface area contributed by atoms with Gasteiger partial charge in [0.25, 0.3) is 0 Å². The molecule has 0 radical (unpaired) electrons. The molecule has 0 amide bonds. The lowest BCUT2D eigenvalue weighted by atomic mass is 9.95. The molecule has 4 rings (SSSR count). The fraction of sp³-hybridized carbons (Fsp3) is 0.526. The second-order valence-corrected chi connectivity index (χ2v) is 6.81. The highest BCUT2D eigenvalue weighted by molar-refractivity contribution is 5.84. The number of nitrogens with one attached hydrogen (secondary N) is 1. The topological polar surface area (TPSA) is 28.2 Å². The Balaban J connectivity index is 1.82. The fourth-order valence-corrected chi connectivity index (χ4v) is 3.50. The van der Waals surface area contributed by atoms with Gasteiger partial charge >= 0.3 is 0 Å². The maximum atomic E-state index is 4.97. The van der Waals surface area contributed by atoms with Crippen LogP contribution in [0.5, 0.6) is 0 Å². The van der Waals surface area contributed by atoms with Crippen molar-refractivity contribution >= 4 is 10.9 Å². The monoisotopic (exact) mass is 295 g/mol. The first-order chi connectivity index (χ1) is 10.7. The summed E-state index contributed by atoms with van der Waals surface area (Å²) in [6.45, 7) is 8.75. The lowest BCUT2D eigenvalue weighted by Crippen LogP contribution is -2.32. The van der Waals surface area contributed by atoms with E-state index in [1.165, 1.54) is 46.1 Å². The molecular formula is C19H25N3. The smallest absolute Gasteiger partial charge is 0.0708 e. The Morgan fingerprint density at radius 2 is 2.18 bits per heavy atom. The molecule has 1 aromatic heterocycles. The summed E-state index contributed by atoms with van der Waals surface area (Å²) < 4.78 is 0. The zero-order chi connectivity index (χ0) is 15.1. The molecule has 1 aliphatic heterocycles. The van der Waals surface area contributed by atoms with Crippen molar-refractivity contribution in [3.8, 4) is 0 Å². The van der Waals surface area contributed by atoms with Crippen molar-refractivity contribution in [1.29, 1.82) is 0 Å². The number of rotatable bonds is 4. The molecule has 2 aromatic rings. The van der Waals surface area contributed by atoms with E-state index in [4.69, 9.17) is 4.98 Å². The lowest BCUT2D eigenvalue weighted by molar-refractivity contribution is 0.265. The summed E-state index contributed by atoms with van der Waals surface area (Å²) >= 11 is 0. The zero-order valence-electron chi connectivity index (χ0n) is 13.7. The number of aryl methyl sites for hydroxylation is 1. The molecule has 0 atom stereocenters. The van der Waals surface area contributed by atoms with Crippen molar-refractivity contribution in [2.24, 2.45) is 0 Å². The van der Waals surface area contributed by atoms with Crippen LogP contribution in [0.25, 0.3) is 10.9 Å². The van der Waals surface area contributed by atoms with Gasteiger partial charge in [-0.15, -0.1) is 0 Å². The minimum atomic E-state index is 0.745. The number of hydrogen-bond donors (Lipinski definition) is 1. The van der Waals surface area contributed by atoms with Crippen LogP contribution in [0.4, 0.5) is 0 Å². The van der Waals surface area contributed by atoms with Crippen molar-refractivity contribution in [3.63, 3.8) is 0 Å². The average molecular weight is 295 g/mol. The molecule has 1 aliphatic carbocycles. The van der Waals surface area contributed by atoms with Gasteiger partial charge in [0, 0.05) is 43.2 Å². The van der Waals surface area contributed by atoms with Gasteiger partial charge in [0.1, 0.15) is 0 Å². The Bertz CT molecular complexity index is 703. The normalized spacial score (nSPS) is 18.6. The Morgan fingerprint density at radius 3 is 2.95 bits per heavy atom. The van der Waals surface area contributed by atoms with Crippen LogP contribution in [0.2, 0.25) is 0 Å². The number of benzene rings is 1. The maximum absolute atomic E-state index is 4.97. The SMILES string of the molecule is CCN1CCc2nc3ccc(C)cc3c(CNC3CC3)c2C1. The van der Waals surface area contributed by atoms with E-state index in [2.05, 4.69) is 42.3 Å². The van der Waals surface area contributed by atoms with E-state index in [9.17, 15) is 0 Å². The van der Waals surface area contributed by atoms with Crippen molar-refractivity contribution in [2.45, 2.75) is 52.2 Å². The van der Waals surface area contributed by atoms with Crippen LogP contribution in [0.3, 0.4) is 0 Å². The zero-order valence-corrected chi connectivity index (χ0v) is 13.7. The molecule has 0 saturated heterocycles. The van der Waals surface area contributed by atoms with Gasteiger partial charge in [-0.05, 0) is 49.6 Å². The van der Waals surface area contributed by atoms with Gasteiger partial charge in [0.05, 0.1) is 5.52 Å². The summed E-state index contributed by atoms with van der Waals surface area (Å²) in [4.78, 5) is 7.51. The highest BCUT2D eigenvalue weighted by Gasteiger charge is 2.24. The number of nitrogens with zero attached hydrogens (tertiary/aromatic N) is 2. The molecule has 1 N–H and O–H groups in total. The minimum absolute atomic E-state index is 0.745. The van der Waals surface area contributed by atoms with Crippen LogP contribution in [0.1, 0.15) is 42.1 Å². The van der Waals surface area contributed by atoms with E-state index < -0.39 is 0 Å². The predicted octanol–water partition coefficient (Wildman–Crippen LogP) is 3.17. The Morgan fingerprint density at radius 1 is 1.32 bits per heavy atom. The van der Waals surface area contributed by atoms with Crippen molar-refractivity contribution in [1.82, 2.24) is 15.2 Å². The van der Waals surface area contributed by atoms with Gasteiger partial charge < -0.3 is 5.32 Å². The van der Waals surface area contributed by atoms with Crippen molar-refractivity contribution in [3.05, 3.63) is 40.6 Å². The highest BCUT2D eigenvalue weighted by Crippen LogP contribution is 2.30. The summed E-state index contributed by atoms with van der Waals surface area (Å²) in [7, 11) is 0. The molecule has 3 heteroatoms. The Hall–Kier alpha value is -1.45. The van der Waals surface area contributed by atoms with E-state index in [0.29, 0.717) is 0 Å².